The molecule has 0 saturated heterocycles. The van der Waals surface area contributed by atoms with E-state index in [1.807, 2.05) is 0 Å². The summed E-state index contributed by atoms with van der Waals surface area (Å²) in [5.74, 6) is 1.49. The average Bonchev–Trinajstić information content (AvgIpc) is 2.36. The van der Waals surface area contributed by atoms with Gasteiger partial charge in [0.1, 0.15) is 0 Å². The molecule has 0 bridgehead atoms. The van der Waals surface area contributed by atoms with Gasteiger partial charge in [-0.1, -0.05) is 52.0 Å². The molecule has 114 valence electrons. The molecule has 0 aliphatic heterocycles. The van der Waals surface area contributed by atoms with Gasteiger partial charge in [-0.25, -0.2) is 0 Å². The number of nitrogens with one attached hydrogen (secondary N) is 1. The van der Waals surface area contributed by atoms with Gasteiger partial charge < -0.3 is 10.2 Å². The first kappa shape index (κ1) is 17.2. The highest BCUT2D eigenvalue weighted by Gasteiger charge is 2.03. The Balaban J connectivity index is 2.42. The molecule has 0 unspecified atom stereocenters. The zero-order valence-electron chi connectivity index (χ0n) is 13.9. The maximum absolute atomic E-state index is 3.51. The molecule has 0 aliphatic carbocycles. The van der Waals surface area contributed by atoms with Gasteiger partial charge in [0.25, 0.3) is 0 Å². The Morgan fingerprint density at radius 3 is 2.40 bits per heavy atom. The molecule has 0 saturated carbocycles. The second-order valence-corrected chi connectivity index (χ2v) is 6.77. The third-order valence-electron chi connectivity index (χ3n) is 3.41. The first-order chi connectivity index (χ1) is 9.47. The highest BCUT2D eigenvalue weighted by Crippen LogP contribution is 2.09. The Bertz CT molecular complexity index is 371. The van der Waals surface area contributed by atoms with Crippen molar-refractivity contribution in [2.45, 2.75) is 47.2 Å². The van der Waals surface area contributed by atoms with Crippen LogP contribution in [0.2, 0.25) is 0 Å². The van der Waals surface area contributed by atoms with Crippen molar-refractivity contribution in [3.05, 3.63) is 35.4 Å². The van der Waals surface area contributed by atoms with Crippen molar-refractivity contribution in [1.29, 1.82) is 0 Å². The highest BCUT2D eigenvalue weighted by atomic mass is 15.1. The molecular formula is C18H32N2. The Hall–Kier alpha value is -0.860. The predicted octanol–water partition coefficient (Wildman–Crippen LogP) is 3.91. The minimum Gasteiger partial charge on any atom is -0.312 e. The quantitative estimate of drug-likeness (QED) is 0.735. The molecule has 0 heterocycles. The van der Waals surface area contributed by atoms with Crippen molar-refractivity contribution in [3.63, 3.8) is 0 Å². The Morgan fingerprint density at radius 1 is 1.05 bits per heavy atom. The van der Waals surface area contributed by atoms with Crippen LogP contribution in [0.1, 0.15) is 45.2 Å². The largest absolute Gasteiger partial charge is 0.312 e. The number of rotatable bonds is 9. The van der Waals surface area contributed by atoms with Crippen molar-refractivity contribution in [2.24, 2.45) is 11.8 Å². The van der Waals surface area contributed by atoms with Crippen LogP contribution in [-0.2, 0) is 13.1 Å². The minimum absolute atomic E-state index is 0.709. The van der Waals surface area contributed by atoms with Gasteiger partial charge in [0.05, 0.1) is 0 Å². The molecule has 0 fully saturated rings. The van der Waals surface area contributed by atoms with Crippen LogP contribution in [0.5, 0.6) is 0 Å². The fourth-order valence-electron chi connectivity index (χ4n) is 2.21. The summed E-state index contributed by atoms with van der Waals surface area (Å²) in [6, 6.07) is 8.96. The predicted molar refractivity (Wildman–Crippen MR) is 88.8 cm³/mol. The van der Waals surface area contributed by atoms with E-state index in [-0.39, 0.29) is 0 Å². The van der Waals surface area contributed by atoms with Crippen LogP contribution in [0.4, 0.5) is 0 Å². The van der Waals surface area contributed by atoms with Gasteiger partial charge in [0, 0.05) is 13.1 Å². The molecule has 0 aliphatic rings. The number of nitrogens with zero attached hydrogens (tertiary/aromatic N) is 1. The van der Waals surface area contributed by atoms with Crippen LogP contribution in [0.15, 0.2) is 24.3 Å². The van der Waals surface area contributed by atoms with E-state index in [1.165, 1.54) is 24.1 Å². The lowest BCUT2D eigenvalue weighted by Gasteiger charge is -2.18. The molecule has 1 aromatic carbocycles. The average molecular weight is 276 g/mol. The smallest absolute Gasteiger partial charge is 0.0230 e. The summed E-state index contributed by atoms with van der Waals surface area (Å²) in [6.07, 6.45) is 1.27. The lowest BCUT2D eigenvalue weighted by atomic mass is 10.1. The molecule has 1 rings (SSSR count). The van der Waals surface area contributed by atoms with Crippen LogP contribution >= 0.6 is 0 Å². The lowest BCUT2D eigenvalue weighted by Crippen LogP contribution is -2.21. The summed E-state index contributed by atoms with van der Waals surface area (Å²) < 4.78 is 0. The second kappa shape index (κ2) is 9.15. The van der Waals surface area contributed by atoms with E-state index >= 15 is 0 Å². The van der Waals surface area contributed by atoms with Crippen molar-refractivity contribution in [2.75, 3.05) is 20.1 Å². The van der Waals surface area contributed by atoms with Crippen LogP contribution in [0.3, 0.4) is 0 Å². The molecule has 2 nitrogen and oxygen atoms in total. The van der Waals surface area contributed by atoms with Gasteiger partial charge in [-0.3, -0.25) is 0 Å². The lowest BCUT2D eigenvalue weighted by molar-refractivity contribution is 0.303. The molecule has 1 aromatic rings. The molecule has 0 atom stereocenters. The van der Waals surface area contributed by atoms with E-state index in [0.717, 1.165) is 25.6 Å². The third kappa shape index (κ3) is 7.66. The summed E-state index contributed by atoms with van der Waals surface area (Å²) in [5.41, 5.74) is 2.81. The summed E-state index contributed by atoms with van der Waals surface area (Å²) in [6.45, 7) is 13.3. The molecular weight excluding hydrogens is 244 g/mol. The fraction of sp³-hybridized carbons (Fsp3) is 0.667. The zero-order chi connectivity index (χ0) is 15.0. The van der Waals surface area contributed by atoms with Gasteiger partial charge in [-0.2, -0.15) is 0 Å². The van der Waals surface area contributed by atoms with Crippen LogP contribution in [0, 0.1) is 11.8 Å². The highest BCUT2D eigenvalue weighted by molar-refractivity contribution is 5.23. The minimum atomic E-state index is 0.709. The Kier molecular flexibility index (Phi) is 7.86. The van der Waals surface area contributed by atoms with Crippen LogP contribution < -0.4 is 5.32 Å². The Morgan fingerprint density at radius 2 is 1.75 bits per heavy atom. The van der Waals surface area contributed by atoms with Gasteiger partial charge in [0.2, 0.25) is 0 Å². The topological polar surface area (TPSA) is 15.3 Å². The van der Waals surface area contributed by atoms with E-state index < -0.39 is 0 Å². The van der Waals surface area contributed by atoms with E-state index in [4.69, 9.17) is 0 Å². The number of hydrogen-bond donors (Lipinski definition) is 1. The van der Waals surface area contributed by atoms with Crippen molar-refractivity contribution in [3.8, 4) is 0 Å². The summed E-state index contributed by atoms with van der Waals surface area (Å²) in [5, 5.41) is 3.51. The van der Waals surface area contributed by atoms with E-state index in [1.54, 1.807) is 0 Å². The molecule has 0 aromatic heterocycles. The maximum Gasteiger partial charge on any atom is 0.0230 e. The zero-order valence-corrected chi connectivity index (χ0v) is 13.9. The maximum atomic E-state index is 3.51. The van der Waals surface area contributed by atoms with Gasteiger partial charge in [0.15, 0.2) is 0 Å². The van der Waals surface area contributed by atoms with E-state index in [0.29, 0.717) is 5.92 Å². The van der Waals surface area contributed by atoms with E-state index in [2.05, 4.69) is 69.2 Å². The monoisotopic (exact) mass is 276 g/mol. The van der Waals surface area contributed by atoms with Crippen molar-refractivity contribution >= 4 is 0 Å². The van der Waals surface area contributed by atoms with Gasteiger partial charge >= 0.3 is 0 Å². The standard InChI is InChI=1S/C18H32N2/c1-15(2)9-10-20(5)14-18-8-6-7-17(11-18)13-19-12-16(3)4/h6-8,11,15-16,19H,9-10,12-14H2,1-5H3. The Labute approximate surface area is 125 Å². The van der Waals surface area contributed by atoms with Gasteiger partial charge in [-0.05, 0) is 49.5 Å². The fourth-order valence-corrected chi connectivity index (χ4v) is 2.21. The molecule has 0 amide bonds. The molecule has 20 heavy (non-hydrogen) atoms. The molecule has 1 N–H and O–H groups in total. The number of benzene rings is 1. The first-order valence-corrected chi connectivity index (χ1v) is 7.94. The number of hydrogen-bond acceptors (Lipinski definition) is 2. The third-order valence-corrected chi connectivity index (χ3v) is 3.41. The SMILES string of the molecule is CC(C)CCN(C)Cc1cccc(CNCC(C)C)c1. The van der Waals surface area contributed by atoms with Crippen molar-refractivity contribution in [1.82, 2.24) is 10.2 Å². The first-order valence-electron chi connectivity index (χ1n) is 7.94. The van der Waals surface area contributed by atoms with Crippen molar-refractivity contribution < 1.29 is 0 Å². The summed E-state index contributed by atoms with van der Waals surface area (Å²) in [7, 11) is 2.21. The van der Waals surface area contributed by atoms with Crippen LogP contribution in [-0.4, -0.2) is 25.0 Å². The van der Waals surface area contributed by atoms with Gasteiger partial charge in [-0.15, -0.1) is 0 Å². The molecule has 0 spiro atoms. The molecule has 0 radical (unpaired) electrons. The summed E-state index contributed by atoms with van der Waals surface area (Å²) in [4.78, 5) is 2.42. The van der Waals surface area contributed by atoms with E-state index in [9.17, 15) is 0 Å². The van der Waals surface area contributed by atoms with Crippen LogP contribution in [0.25, 0.3) is 0 Å². The summed E-state index contributed by atoms with van der Waals surface area (Å²) >= 11 is 0. The second-order valence-electron chi connectivity index (χ2n) is 6.77. The normalized spacial score (nSPS) is 11.8. The molecule has 2 heteroatoms.